The second kappa shape index (κ2) is 5.38. The topological polar surface area (TPSA) is 29.5 Å². The van der Waals surface area contributed by atoms with Crippen LogP contribution in [-0.4, -0.2) is 11.7 Å². The van der Waals surface area contributed by atoms with Crippen LogP contribution in [0.5, 0.6) is 0 Å². The van der Waals surface area contributed by atoms with Gasteiger partial charge in [-0.1, -0.05) is 17.7 Å². The third-order valence-electron chi connectivity index (χ3n) is 2.57. The summed E-state index contributed by atoms with van der Waals surface area (Å²) in [6, 6.07) is 5.61. The molecule has 2 nitrogen and oxygen atoms in total. The third kappa shape index (κ3) is 2.70. The number of aliphatic hydroxyl groups excluding tert-OH is 1. The Hall–Kier alpha value is -0.260. The maximum Gasteiger partial charge on any atom is 0.103 e. The number of ether oxygens (including phenoxy) is 1. The lowest BCUT2D eigenvalue weighted by molar-refractivity contribution is 0.170. The summed E-state index contributed by atoms with van der Waals surface area (Å²) in [6.45, 7) is 0.740. The van der Waals surface area contributed by atoms with Gasteiger partial charge in [-0.15, -0.1) is 0 Å². The van der Waals surface area contributed by atoms with Gasteiger partial charge in [-0.3, -0.25) is 0 Å². The van der Waals surface area contributed by atoms with Crippen molar-refractivity contribution in [2.24, 2.45) is 0 Å². The molecule has 1 aromatic carbocycles. The number of rotatable bonds is 2. The van der Waals surface area contributed by atoms with Crippen molar-refractivity contribution in [3.8, 4) is 0 Å². The van der Waals surface area contributed by atoms with E-state index >= 15 is 0 Å². The van der Waals surface area contributed by atoms with Crippen molar-refractivity contribution in [1.82, 2.24) is 0 Å². The molecule has 0 amide bonds. The van der Waals surface area contributed by atoms with Crippen molar-refractivity contribution in [1.29, 1.82) is 0 Å². The highest BCUT2D eigenvalue weighted by atomic mass is 127. The Morgan fingerprint density at radius 2 is 2.25 bits per heavy atom. The highest BCUT2D eigenvalue weighted by Gasteiger charge is 2.16. The van der Waals surface area contributed by atoms with E-state index in [0.29, 0.717) is 5.02 Å². The quantitative estimate of drug-likeness (QED) is 0.825. The van der Waals surface area contributed by atoms with Gasteiger partial charge in [0.05, 0.1) is 17.9 Å². The molecule has 1 aliphatic rings. The van der Waals surface area contributed by atoms with Crippen LogP contribution < -0.4 is 0 Å². The fourth-order valence-corrected chi connectivity index (χ4v) is 2.21. The van der Waals surface area contributed by atoms with E-state index in [1.165, 1.54) is 0 Å². The van der Waals surface area contributed by atoms with Gasteiger partial charge in [-0.05, 0) is 58.7 Å². The molecule has 0 saturated carbocycles. The van der Waals surface area contributed by atoms with E-state index in [-0.39, 0.29) is 0 Å². The van der Waals surface area contributed by atoms with Gasteiger partial charge in [0.1, 0.15) is 6.10 Å². The fourth-order valence-electron chi connectivity index (χ4n) is 1.68. The van der Waals surface area contributed by atoms with Crippen LogP contribution in [0.25, 0.3) is 0 Å². The van der Waals surface area contributed by atoms with Crippen LogP contribution in [0.3, 0.4) is 0 Å². The van der Waals surface area contributed by atoms with Gasteiger partial charge in [0, 0.05) is 3.57 Å². The van der Waals surface area contributed by atoms with Crippen molar-refractivity contribution in [3.63, 3.8) is 0 Å². The van der Waals surface area contributed by atoms with Gasteiger partial charge in [-0.25, -0.2) is 0 Å². The third-order valence-corrected chi connectivity index (χ3v) is 4.15. The van der Waals surface area contributed by atoms with Gasteiger partial charge in [0.2, 0.25) is 0 Å². The van der Waals surface area contributed by atoms with Crippen LogP contribution in [-0.2, 0) is 4.74 Å². The number of benzene rings is 1. The molecule has 1 heterocycles. The maximum absolute atomic E-state index is 10.2. The predicted octanol–water partition coefficient (Wildman–Crippen LogP) is 3.67. The van der Waals surface area contributed by atoms with Crippen molar-refractivity contribution in [2.45, 2.75) is 18.9 Å². The van der Waals surface area contributed by atoms with E-state index < -0.39 is 6.10 Å². The smallest absolute Gasteiger partial charge is 0.103 e. The molecule has 2 rings (SSSR count). The standard InChI is InChI=1S/C12H12ClIO2/c13-10-6-8(3-4-11(10)14)12(15)9-2-1-5-16-7-9/h3-4,6-7,12,15H,1-2,5H2. The molecular formula is C12H12ClIO2. The molecule has 0 saturated heterocycles. The molecule has 0 fully saturated rings. The fraction of sp³-hybridized carbons (Fsp3) is 0.333. The number of hydrogen-bond acceptors (Lipinski definition) is 2. The lowest BCUT2D eigenvalue weighted by Gasteiger charge is -2.19. The molecule has 0 aliphatic carbocycles. The monoisotopic (exact) mass is 350 g/mol. The van der Waals surface area contributed by atoms with Crippen LogP contribution in [0, 0.1) is 3.57 Å². The number of aliphatic hydroxyl groups is 1. The molecule has 1 unspecified atom stereocenters. The Balaban J connectivity index is 2.22. The maximum atomic E-state index is 10.2. The zero-order valence-electron chi connectivity index (χ0n) is 8.62. The molecule has 0 radical (unpaired) electrons. The largest absolute Gasteiger partial charge is 0.501 e. The SMILES string of the molecule is OC(C1=COCCC1)c1ccc(I)c(Cl)c1. The molecule has 1 atom stereocenters. The van der Waals surface area contributed by atoms with Crippen LogP contribution in [0.15, 0.2) is 30.0 Å². The lowest BCUT2D eigenvalue weighted by Crippen LogP contribution is -2.07. The Morgan fingerprint density at radius 1 is 1.44 bits per heavy atom. The van der Waals surface area contributed by atoms with E-state index in [4.69, 9.17) is 16.3 Å². The van der Waals surface area contributed by atoms with Gasteiger partial charge < -0.3 is 9.84 Å². The highest BCUT2D eigenvalue weighted by Crippen LogP contribution is 2.30. The lowest BCUT2D eigenvalue weighted by atomic mass is 9.98. The van der Waals surface area contributed by atoms with E-state index in [1.54, 1.807) is 6.26 Å². The van der Waals surface area contributed by atoms with Crippen LogP contribution in [0.1, 0.15) is 24.5 Å². The summed E-state index contributed by atoms with van der Waals surface area (Å²) >= 11 is 8.19. The average Bonchev–Trinajstić information content (AvgIpc) is 2.33. The summed E-state index contributed by atoms with van der Waals surface area (Å²) in [7, 11) is 0. The first-order valence-electron chi connectivity index (χ1n) is 5.12. The first-order chi connectivity index (χ1) is 7.68. The highest BCUT2D eigenvalue weighted by molar-refractivity contribution is 14.1. The van der Waals surface area contributed by atoms with Crippen LogP contribution in [0.4, 0.5) is 0 Å². The molecule has 1 aromatic rings. The summed E-state index contributed by atoms with van der Waals surface area (Å²) < 4.78 is 6.21. The first kappa shape index (κ1) is 12.2. The van der Waals surface area contributed by atoms with Crippen LogP contribution >= 0.6 is 34.2 Å². The average molecular weight is 351 g/mol. The second-order valence-electron chi connectivity index (χ2n) is 3.74. The minimum Gasteiger partial charge on any atom is -0.501 e. The van der Waals surface area contributed by atoms with E-state index in [0.717, 1.165) is 34.2 Å². The van der Waals surface area contributed by atoms with Crippen molar-refractivity contribution in [3.05, 3.63) is 44.2 Å². The molecule has 4 heteroatoms. The zero-order valence-corrected chi connectivity index (χ0v) is 11.5. The van der Waals surface area contributed by atoms with Gasteiger partial charge in [-0.2, -0.15) is 0 Å². The minimum absolute atomic E-state index is 0.602. The van der Waals surface area contributed by atoms with Crippen molar-refractivity contribution in [2.75, 3.05) is 6.61 Å². The minimum atomic E-state index is -0.602. The Morgan fingerprint density at radius 3 is 2.88 bits per heavy atom. The Kier molecular flexibility index (Phi) is 4.10. The van der Waals surface area contributed by atoms with Gasteiger partial charge in [0.25, 0.3) is 0 Å². The van der Waals surface area contributed by atoms with E-state index in [2.05, 4.69) is 22.6 Å². The molecule has 1 N–H and O–H groups in total. The molecule has 0 spiro atoms. The Bertz CT molecular complexity index is 417. The normalized spacial score (nSPS) is 17.6. The molecule has 16 heavy (non-hydrogen) atoms. The van der Waals surface area contributed by atoms with Gasteiger partial charge in [0.15, 0.2) is 0 Å². The van der Waals surface area contributed by atoms with E-state index in [9.17, 15) is 5.11 Å². The van der Waals surface area contributed by atoms with Crippen molar-refractivity contribution >= 4 is 34.2 Å². The summed E-state index contributed by atoms with van der Waals surface area (Å²) in [5, 5.41) is 10.8. The van der Waals surface area contributed by atoms with E-state index in [1.807, 2.05) is 18.2 Å². The van der Waals surface area contributed by atoms with Gasteiger partial charge >= 0.3 is 0 Å². The van der Waals surface area contributed by atoms with Crippen LogP contribution in [0.2, 0.25) is 5.02 Å². The summed E-state index contributed by atoms with van der Waals surface area (Å²) in [4.78, 5) is 0. The molecule has 1 aliphatic heterocycles. The second-order valence-corrected chi connectivity index (χ2v) is 5.31. The molecule has 0 aromatic heterocycles. The number of hydrogen-bond donors (Lipinski definition) is 1. The molecule has 86 valence electrons. The summed E-state index contributed by atoms with van der Waals surface area (Å²) in [5.74, 6) is 0. The first-order valence-corrected chi connectivity index (χ1v) is 6.57. The van der Waals surface area contributed by atoms with Crippen molar-refractivity contribution < 1.29 is 9.84 Å². The zero-order chi connectivity index (χ0) is 11.5. The molecular weight excluding hydrogens is 338 g/mol. The molecule has 0 bridgehead atoms. The number of halogens is 2. The Labute approximate surface area is 113 Å². The predicted molar refractivity (Wildman–Crippen MR) is 72.4 cm³/mol. The summed E-state index contributed by atoms with van der Waals surface area (Å²) in [5.41, 5.74) is 1.74. The summed E-state index contributed by atoms with van der Waals surface area (Å²) in [6.07, 6.45) is 2.90.